The van der Waals surface area contributed by atoms with Gasteiger partial charge in [0.05, 0.1) is 0 Å². The summed E-state index contributed by atoms with van der Waals surface area (Å²) < 4.78 is 0. The minimum atomic E-state index is 0.123. The topological polar surface area (TPSA) is 0 Å². The number of hydrogen-bond donors (Lipinski definition) is 0. The number of hydrogen-bond acceptors (Lipinski definition) is 0. The first-order chi connectivity index (χ1) is 13.9. The Hall–Kier alpha value is -2.08. The molecule has 0 heteroatoms. The molecule has 0 amide bonds. The minimum Gasteiger partial charge on any atom is -0.0736 e. The van der Waals surface area contributed by atoms with Crippen LogP contribution in [0, 0.1) is 16.7 Å². The van der Waals surface area contributed by atoms with Crippen molar-refractivity contribution < 1.29 is 0 Å². The lowest BCUT2D eigenvalue weighted by molar-refractivity contribution is 0.0645. The fourth-order valence-corrected chi connectivity index (χ4v) is 6.14. The van der Waals surface area contributed by atoms with Crippen molar-refractivity contribution in [3.8, 4) is 11.1 Å². The summed E-state index contributed by atoms with van der Waals surface area (Å²) in [4.78, 5) is 0. The molecule has 1 saturated carbocycles. The minimum absolute atomic E-state index is 0.123. The normalized spacial score (nSPS) is 19.9. The monoisotopic (exact) mass is 382 g/mol. The van der Waals surface area contributed by atoms with Crippen LogP contribution in [0.15, 0.2) is 71.8 Å². The third kappa shape index (κ3) is 2.79. The molecule has 1 fully saturated rings. The second-order valence-corrected chi connectivity index (χ2v) is 10.5. The zero-order valence-corrected chi connectivity index (χ0v) is 18.5. The maximum atomic E-state index is 2.63. The molecule has 2 aromatic rings. The molecule has 0 aromatic heterocycles. The zero-order valence-electron chi connectivity index (χ0n) is 18.5. The van der Waals surface area contributed by atoms with Gasteiger partial charge in [-0.25, -0.2) is 0 Å². The van der Waals surface area contributed by atoms with Crippen LogP contribution in [0.3, 0.4) is 0 Å². The lowest BCUT2D eigenvalue weighted by atomic mass is 9.54. The predicted octanol–water partition coefficient (Wildman–Crippen LogP) is 8.30. The van der Waals surface area contributed by atoms with E-state index in [0.29, 0.717) is 11.8 Å². The molecule has 0 unspecified atom stereocenters. The molecule has 0 atom stereocenters. The molecule has 0 nitrogen and oxygen atoms in total. The van der Waals surface area contributed by atoms with E-state index in [2.05, 4.69) is 88.4 Å². The standard InChI is InChI=1S/C29H34/c1-28(2,22-18-20-12-6-5-7-13-21(20)19-22)29(3,4)27-25-16-10-8-14-23(25)24-15-9-11-17-26(24)27/h8-11,14-19,22,27H,5-7,12-13H2,1-4H3. The number of allylic oxidation sites excluding steroid dienone is 4. The van der Waals surface area contributed by atoms with Gasteiger partial charge in [0.25, 0.3) is 0 Å². The van der Waals surface area contributed by atoms with Gasteiger partial charge in [0.1, 0.15) is 0 Å². The Morgan fingerprint density at radius 2 is 1.10 bits per heavy atom. The van der Waals surface area contributed by atoms with Gasteiger partial charge in [-0.05, 0) is 69.9 Å². The fourth-order valence-electron chi connectivity index (χ4n) is 6.14. The maximum Gasteiger partial charge on any atom is 0.0158 e. The molecule has 0 heterocycles. The van der Waals surface area contributed by atoms with Crippen LogP contribution in [-0.2, 0) is 0 Å². The Labute approximate surface area is 176 Å². The van der Waals surface area contributed by atoms with Gasteiger partial charge >= 0.3 is 0 Å². The summed E-state index contributed by atoms with van der Waals surface area (Å²) in [5.41, 5.74) is 9.49. The largest absolute Gasteiger partial charge is 0.0736 e. The quantitative estimate of drug-likeness (QED) is 0.501. The fraction of sp³-hybridized carbons (Fsp3) is 0.448. The average molecular weight is 383 g/mol. The van der Waals surface area contributed by atoms with Gasteiger partial charge in [0, 0.05) is 11.8 Å². The van der Waals surface area contributed by atoms with Crippen LogP contribution in [0.2, 0.25) is 0 Å². The van der Waals surface area contributed by atoms with Crippen molar-refractivity contribution in [2.75, 3.05) is 0 Å². The van der Waals surface area contributed by atoms with Crippen molar-refractivity contribution in [3.63, 3.8) is 0 Å². The van der Waals surface area contributed by atoms with E-state index in [-0.39, 0.29) is 10.8 Å². The van der Waals surface area contributed by atoms with E-state index >= 15 is 0 Å². The molecule has 0 radical (unpaired) electrons. The molecular weight excluding hydrogens is 348 g/mol. The van der Waals surface area contributed by atoms with Gasteiger partial charge in [0.15, 0.2) is 0 Å². The maximum absolute atomic E-state index is 2.63. The highest BCUT2D eigenvalue weighted by molar-refractivity contribution is 5.79. The van der Waals surface area contributed by atoms with Crippen LogP contribution < -0.4 is 0 Å². The first-order valence-corrected chi connectivity index (χ1v) is 11.5. The SMILES string of the molecule is CC(C)(C1C=C2CCCCCC2=C1)C(C)(C)C1c2ccccc2-c2ccccc21. The molecule has 3 aliphatic rings. The Balaban J connectivity index is 1.58. The van der Waals surface area contributed by atoms with Crippen molar-refractivity contribution >= 4 is 0 Å². The van der Waals surface area contributed by atoms with E-state index in [1.54, 1.807) is 11.1 Å². The van der Waals surface area contributed by atoms with E-state index in [9.17, 15) is 0 Å². The second kappa shape index (κ2) is 6.73. The van der Waals surface area contributed by atoms with Crippen molar-refractivity contribution in [1.29, 1.82) is 0 Å². The summed E-state index contributed by atoms with van der Waals surface area (Å²) in [5, 5.41) is 0. The summed E-state index contributed by atoms with van der Waals surface area (Å²) in [6, 6.07) is 18.2. The van der Waals surface area contributed by atoms with Crippen LogP contribution in [0.4, 0.5) is 0 Å². The van der Waals surface area contributed by atoms with Gasteiger partial charge in [-0.1, -0.05) is 94.8 Å². The highest BCUT2D eigenvalue weighted by Gasteiger charge is 2.50. The predicted molar refractivity (Wildman–Crippen MR) is 124 cm³/mol. The van der Waals surface area contributed by atoms with E-state index in [1.165, 1.54) is 54.4 Å². The van der Waals surface area contributed by atoms with E-state index in [4.69, 9.17) is 0 Å². The van der Waals surface area contributed by atoms with E-state index < -0.39 is 0 Å². The van der Waals surface area contributed by atoms with Gasteiger partial charge in [-0.15, -0.1) is 0 Å². The number of rotatable bonds is 3. The zero-order chi connectivity index (χ0) is 20.2. The van der Waals surface area contributed by atoms with Crippen LogP contribution in [0.1, 0.15) is 76.8 Å². The summed E-state index contributed by atoms with van der Waals surface area (Å²) in [5.74, 6) is 0.965. The third-order valence-electron chi connectivity index (χ3n) is 8.62. The molecular formula is C29H34. The molecule has 0 aliphatic heterocycles. The molecule has 5 rings (SSSR count). The summed E-state index contributed by atoms with van der Waals surface area (Å²) in [6.45, 7) is 10.1. The van der Waals surface area contributed by atoms with Gasteiger partial charge in [-0.2, -0.15) is 0 Å². The van der Waals surface area contributed by atoms with Crippen LogP contribution in [-0.4, -0.2) is 0 Å². The highest BCUT2D eigenvalue weighted by atomic mass is 14.5. The van der Waals surface area contributed by atoms with Gasteiger partial charge in [-0.3, -0.25) is 0 Å². The van der Waals surface area contributed by atoms with Crippen molar-refractivity contribution in [3.05, 3.63) is 83.0 Å². The first-order valence-electron chi connectivity index (χ1n) is 11.5. The van der Waals surface area contributed by atoms with Gasteiger partial charge < -0.3 is 0 Å². The molecule has 0 bridgehead atoms. The Morgan fingerprint density at radius 1 is 0.621 bits per heavy atom. The van der Waals surface area contributed by atoms with E-state index in [0.717, 1.165) is 0 Å². The lowest BCUT2D eigenvalue weighted by Crippen LogP contribution is -2.41. The average Bonchev–Trinajstić information content (AvgIpc) is 3.20. The van der Waals surface area contributed by atoms with Crippen LogP contribution in [0.5, 0.6) is 0 Å². The molecule has 150 valence electrons. The molecule has 0 N–H and O–H groups in total. The highest BCUT2D eigenvalue weighted by Crippen LogP contribution is 2.61. The van der Waals surface area contributed by atoms with Crippen LogP contribution in [0.25, 0.3) is 11.1 Å². The Kier molecular flexibility index (Phi) is 4.39. The number of fused-ring (bicyclic) bond motifs is 4. The summed E-state index contributed by atoms with van der Waals surface area (Å²) in [6.07, 6.45) is 12.0. The molecule has 3 aliphatic carbocycles. The smallest absolute Gasteiger partial charge is 0.0158 e. The first kappa shape index (κ1) is 18.9. The lowest BCUT2D eigenvalue weighted by Gasteiger charge is -2.49. The summed E-state index contributed by atoms with van der Waals surface area (Å²) in [7, 11) is 0. The van der Waals surface area contributed by atoms with Crippen molar-refractivity contribution in [2.24, 2.45) is 16.7 Å². The molecule has 29 heavy (non-hydrogen) atoms. The van der Waals surface area contributed by atoms with Gasteiger partial charge in [0.2, 0.25) is 0 Å². The molecule has 0 saturated heterocycles. The molecule has 2 aromatic carbocycles. The van der Waals surface area contributed by atoms with Crippen LogP contribution >= 0.6 is 0 Å². The van der Waals surface area contributed by atoms with Crippen molar-refractivity contribution in [1.82, 2.24) is 0 Å². The second-order valence-electron chi connectivity index (χ2n) is 10.5. The number of benzene rings is 2. The van der Waals surface area contributed by atoms with Crippen molar-refractivity contribution in [2.45, 2.75) is 65.7 Å². The Bertz CT molecular complexity index is 931. The third-order valence-corrected chi connectivity index (χ3v) is 8.62. The molecule has 0 spiro atoms. The Morgan fingerprint density at radius 3 is 1.62 bits per heavy atom. The van der Waals surface area contributed by atoms with E-state index in [1.807, 2.05) is 0 Å². The summed E-state index contributed by atoms with van der Waals surface area (Å²) >= 11 is 0.